The molecule has 0 aromatic carbocycles. The molecule has 3 atom stereocenters. The molecule has 1 aliphatic rings. The number of likely N-dealkylation sites (tertiary alicyclic amines) is 1. The highest BCUT2D eigenvalue weighted by Gasteiger charge is 2.25. The van der Waals surface area contributed by atoms with Gasteiger partial charge < -0.3 is 15.4 Å². The molecule has 0 radical (unpaired) electrons. The van der Waals surface area contributed by atoms with E-state index in [1.54, 1.807) is 0 Å². The molecule has 1 rings (SSSR count). The van der Waals surface area contributed by atoms with Crippen LogP contribution in [0.4, 0.5) is 0 Å². The average Bonchev–Trinajstić information content (AvgIpc) is 2.39. The molecule has 2 N–H and O–H groups in total. The zero-order valence-electron chi connectivity index (χ0n) is 12.5. The Kier molecular flexibility index (Phi) is 7.87. The van der Waals surface area contributed by atoms with Crippen LogP contribution < -0.4 is 5.73 Å². The van der Waals surface area contributed by atoms with E-state index in [-0.39, 0.29) is 0 Å². The van der Waals surface area contributed by atoms with E-state index in [0.29, 0.717) is 12.0 Å². The number of nitrogens with zero attached hydrogens (tertiary/aromatic N) is 1. The lowest BCUT2D eigenvalue weighted by atomic mass is 9.94. The monoisotopic (exact) mass is 256 g/mol. The number of hydrogen-bond acceptors (Lipinski definition) is 3. The molecular weight excluding hydrogens is 224 g/mol. The summed E-state index contributed by atoms with van der Waals surface area (Å²) in [6, 6.07) is 0. The zero-order chi connectivity index (χ0) is 13.4. The van der Waals surface area contributed by atoms with Gasteiger partial charge in [0.15, 0.2) is 0 Å². The molecule has 0 amide bonds. The molecule has 18 heavy (non-hydrogen) atoms. The predicted octanol–water partition coefficient (Wildman–Crippen LogP) is 2.50. The number of hydrogen-bond donors (Lipinski definition) is 1. The highest BCUT2D eigenvalue weighted by molar-refractivity contribution is 4.78. The lowest BCUT2D eigenvalue weighted by Gasteiger charge is -2.36. The zero-order valence-corrected chi connectivity index (χ0v) is 12.5. The van der Waals surface area contributed by atoms with Crippen molar-refractivity contribution in [1.82, 2.24) is 4.90 Å². The molecule has 108 valence electrons. The molecule has 0 spiro atoms. The minimum absolute atomic E-state index is 0.435. The number of nitrogens with two attached hydrogens (primary N) is 1. The van der Waals surface area contributed by atoms with Crippen molar-refractivity contribution < 1.29 is 4.74 Å². The molecule has 0 aromatic rings. The van der Waals surface area contributed by atoms with Crippen LogP contribution in [0.25, 0.3) is 0 Å². The van der Waals surface area contributed by atoms with Gasteiger partial charge in [-0.05, 0) is 57.2 Å². The number of piperidine rings is 1. The second-order valence-corrected chi connectivity index (χ2v) is 5.83. The maximum atomic E-state index is 5.64. The maximum absolute atomic E-state index is 5.64. The van der Waals surface area contributed by atoms with Gasteiger partial charge in [0.1, 0.15) is 0 Å². The molecule has 1 aliphatic heterocycles. The van der Waals surface area contributed by atoms with Crippen molar-refractivity contribution in [2.45, 2.75) is 52.1 Å². The smallest absolute Gasteiger partial charge is 0.0724 e. The molecule has 1 fully saturated rings. The van der Waals surface area contributed by atoms with E-state index >= 15 is 0 Å². The Hall–Kier alpha value is -0.120. The van der Waals surface area contributed by atoms with Crippen molar-refractivity contribution in [3.05, 3.63) is 0 Å². The van der Waals surface area contributed by atoms with Crippen molar-refractivity contribution in [3.8, 4) is 0 Å². The molecule has 3 heteroatoms. The Balaban J connectivity index is 2.19. The Labute approximate surface area is 113 Å². The summed E-state index contributed by atoms with van der Waals surface area (Å²) in [4.78, 5) is 2.57. The van der Waals surface area contributed by atoms with Crippen LogP contribution in [-0.2, 0) is 4.74 Å². The van der Waals surface area contributed by atoms with Crippen LogP contribution in [0.15, 0.2) is 0 Å². The fourth-order valence-corrected chi connectivity index (χ4v) is 3.00. The van der Waals surface area contributed by atoms with E-state index in [1.807, 2.05) is 7.11 Å². The Morgan fingerprint density at radius 3 is 2.78 bits per heavy atom. The lowest BCUT2D eigenvalue weighted by Crippen LogP contribution is -2.44. The first-order chi connectivity index (χ1) is 8.71. The average molecular weight is 256 g/mol. The van der Waals surface area contributed by atoms with Crippen LogP contribution in [0.5, 0.6) is 0 Å². The molecule has 0 bridgehead atoms. The topological polar surface area (TPSA) is 38.5 Å². The second-order valence-electron chi connectivity index (χ2n) is 5.83. The molecule has 3 nitrogen and oxygen atoms in total. The van der Waals surface area contributed by atoms with E-state index in [9.17, 15) is 0 Å². The first kappa shape index (κ1) is 15.9. The maximum Gasteiger partial charge on any atom is 0.0724 e. The van der Waals surface area contributed by atoms with Gasteiger partial charge in [-0.1, -0.05) is 20.3 Å². The Morgan fingerprint density at radius 1 is 1.39 bits per heavy atom. The van der Waals surface area contributed by atoms with E-state index in [1.165, 1.54) is 45.2 Å². The second kappa shape index (κ2) is 8.89. The third kappa shape index (κ3) is 5.25. The number of ether oxygens (including phenoxy) is 1. The predicted molar refractivity (Wildman–Crippen MR) is 77.7 cm³/mol. The van der Waals surface area contributed by atoms with Crippen LogP contribution in [0.2, 0.25) is 0 Å². The van der Waals surface area contributed by atoms with Gasteiger partial charge in [-0.25, -0.2) is 0 Å². The summed E-state index contributed by atoms with van der Waals surface area (Å²) < 4.78 is 5.56. The molecule has 1 heterocycles. The highest BCUT2D eigenvalue weighted by atomic mass is 16.5. The first-order valence-corrected chi connectivity index (χ1v) is 7.66. The van der Waals surface area contributed by atoms with Crippen LogP contribution in [0.3, 0.4) is 0 Å². The molecule has 0 saturated carbocycles. The van der Waals surface area contributed by atoms with Crippen LogP contribution in [0.1, 0.15) is 46.0 Å². The van der Waals surface area contributed by atoms with Crippen molar-refractivity contribution in [1.29, 1.82) is 0 Å². The minimum Gasteiger partial charge on any atom is -0.380 e. The van der Waals surface area contributed by atoms with Crippen LogP contribution >= 0.6 is 0 Å². The molecular formula is C15H32N2O. The Morgan fingerprint density at radius 2 is 2.17 bits per heavy atom. The quantitative estimate of drug-likeness (QED) is 0.725. The molecule has 1 saturated heterocycles. The van der Waals surface area contributed by atoms with Gasteiger partial charge in [-0.15, -0.1) is 0 Å². The summed E-state index contributed by atoms with van der Waals surface area (Å²) in [5.74, 6) is 1.55. The SMILES string of the molecule is CCC(CCN)CCCN1CCC(C)C(OC)C1. The van der Waals surface area contributed by atoms with E-state index < -0.39 is 0 Å². The summed E-state index contributed by atoms with van der Waals surface area (Å²) in [6.07, 6.45) is 6.81. The van der Waals surface area contributed by atoms with Gasteiger partial charge in [0.05, 0.1) is 6.10 Å². The van der Waals surface area contributed by atoms with Crippen molar-refractivity contribution >= 4 is 0 Å². The van der Waals surface area contributed by atoms with Gasteiger partial charge in [0, 0.05) is 13.7 Å². The molecule has 3 unspecified atom stereocenters. The normalized spacial score (nSPS) is 27.3. The van der Waals surface area contributed by atoms with E-state index in [4.69, 9.17) is 10.5 Å². The largest absolute Gasteiger partial charge is 0.380 e. The third-order valence-corrected chi connectivity index (χ3v) is 4.52. The van der Waals surface area contributed by atoms with Gasteiger partial charge in [0.25, 0.3) is 0 Å². The lowest BCUT2D eigenvalue weighted by molar-refractivity contribution is -0.00553. The fourth-order valence-electron chi connectivity index (χ4n) is 3.00. The van der Waals surface area contributed by atoms with Gasteiger partial charge >= 0.3 is 0 Å². The van der Waals surface area contributed by atoms with Gasteiger partial charge in [-0.3, -0.25) is 0 Å². The van der Waals surface area contributed by atoms with Crippen molar-refractivity contribution in [3.63, 3.8) is 0 Å². The summed E-state index contributed by atoms with van der Waals surface area (Å²) >= 11 is 0. The third-order valence-electron chi connectivity index (χ3n) is 4.52. The standard InChI is InChI=1S/C15H32N2O/c1-4-14(7-9-16)6-5-10-17-11-8-13(2)15(12-17)18-3/h13-15H,4-12,16H2,1-3H3. The molecule has 0 aromatic heterocycles. The summed E-state index contributed by atoms with van der Waals surface area (Å²) in [6.45, 7) is 9.02. The van der Waals surface area contributed by atoms with E-state index in [0.717, 1.165) is 19.0 Å². The van der Waals surface area contributed by atoms with Gasteiger partial charge in [-0.2, -0.15) is 0 Å². The first-order valence-electron chi connectivity index (χ1n) is 7.66. The Bertz CT molecular complexity index is 211. The fraction of sp³-hybridized carbons (Fsp3) is 1.00. The summed E-state index contributed by atoms with van der Waals surface area (Å²) in [7, 11) is 1.85. The summed E-state index contributed by atoms with van der Waals surface area (Å²) in [5.41, 5.74) is 5.64. The van der Waals surface area contributed by atoms with Crippen molar-refractivity contribution in [2.75, 3.05) is 33.3 Å². The highest BCUT2D eigenvalue weighted by Crippen LogP contribution is 2.21. The number of rotatable bonds is 8. The minimum atomic E-state index is 0.435. The van der Waals surface area contributed by atoms with Crippen molar-refractivity contribution in [2.24, 2.45) is 17.6 Å². The van der Waals surface area contributed by atoms with E-state index in [2.05, 4.69) is 18.7 Å². The molecule has 0 aliphatic carbocycles. The van der Waals surface area contributed by atoms with Crippen LogP contribution in [-0.4, -0.2) is 44.3 Å². The number of methoxy groups -OCH3 is 1. The van der Waals surface area contributed by atoms with Gasteiger partial charge in [0.2, 0.25) is 0 Å². The van der Waals surface area contributed by atoms with Crippen LogP contribution in [0, 0.1) is 11.8 Å². The summed E-state index contributed by atoms with van der Waals surface area (Å²) in [5, 5.41) is 0.